The lowest BCUT2D eigenvalue weighted by atomic mass is 10.1. The van der Waals surface area contributed by atoms with E-state index in [2.05, 4.69) is 10.1 Å². The number of nitrogens with zero attached hydrogens (tertiary/aromatic N) is 5. The van der Waals surface area contributed by atoms with Crippen molar-refractivity contribution in [2.24, 2.45) is 0 Å². The molecule has 0 spiro atoms. The molecule has 1 aromatic carbocycles. The number of hydrogen-bond donors (Lipinski definition) is 2. The van der Waals surface area contributed by atoms with E-state index in [0.717, 1.165) is 0 Å². The van der Waals surface area contributed by atoms with Gasteiger partial charge in [-0.3, -0.25) is 4.90 Å². The highest BCUT2D eigenvalue weighted by molar-refractivity contribution is 5.88. The average Bonchev–Trinajstić information content (AvgIpc) is 3.19. The summed E-state index contributed by atoms with van der Waals surface area (Å²) in [5.74, 6) is 0.395. The lowest BCUT2D eigenvalue weighted by Gasteiger charge is -2.30. The molecule has 0 aliphatic rings. The minimum atomic E-state index is -0.765. The molecule has 3 rings (SSSR count). The number of hydrogen-bond acceptors (Lipinski definition) is 8. The fraction of sp³-hybridized carbons (Fsp3) is 0.462. The molecule has 2 amide bonds. The molecule has 11 nitrogen and oxygen atoms in total. The van der Waals surface area contributed by atoms with Gasteiger partial charge in [-0.2, -0.15) is 5.10 Å². The van der Waals surface area contributed by atoms with Crippen molar-refractivity contribution >= 4 is 23.7 Å². The second-order valence-corrected chi connectivity index (χ2v) is 10.5. The summed E-state index contributed by atoms with van der Waals surface area (Å²) in [6, 6.07) is 8.34. The predicted octanol–water partition coefficient (Wildman–Crippen LogP) is 4.07. The molecule has 2 heterocycles. The highest BCUT2D eigenvalue weighted by Gasteiger charge is 2.28. The van der Waals surface area contributed by atoms with Crippen LogP contribution in [0.2, 0.25) is 0 Å². The van der Waals surface area contributed by atoms with Gasteiger partial charge in [0.25, 0.3) is 0 Å². The van der Waals surface area contributed by atoms with E-state index in [9.17, 15) is 19.8 Å². The second kappa shape index (κ2) is 11.0. The summed E-state index contributed by atoms with van der Waals surface area (Å²) in [5, 5.41) is 23.7. The molecule has 11 heteroatoms. The Morgan fingerprint density at radius 3 is 2.27 bits per heavy atom. The Labute approximate surface area is 216 Å². The molecule has 0 bridgehead atoms. The summed E-state index contributed by atoms with van der Waals surface area (Å²) in [5.41, 5.74) is 0.363. The summed E-state index contributed by atoms with van der Waals surface area (Å²) < 4.78 is 12.6. The van der Waals surface area contributed by atoms with Crippen molar-refractivity contribution in [2.45, 2.75) is 52.7 Å². The Morgan fingerprint density at radius 2 is 1.65 bits per heavy atom. The van der Waals surface area contributed by atoms with Crippen molar-refractivity contribution < 1.29 is 29.3 Å². The predicted molar refractivity (Wildman–Crippen MR) is 139 cm³/mol. The van der Waals surface area contributed by atoms with E-state index < -0.39 is 23.4 Å². The first-order valence-corrected chi connectivity index (χ1v) is 12.0. The molecular formula is C26H35N5O6. The summed E-state index contributed by atoms with van der Waals surface area (Å²) in [6.45, 7) is 10.4. The lowest BCUT2D eigenvalue weighted by Crippen LogP contribution is -2.45. The van der Waals surface area contributed by atoms with Crippen LogP contribution in [-0.4, -0.2) is 79.3 Å². The van der Waals surface area contributed by atoms with E-state index in [0.29, 0.717) is 16.8 Å². The van der Waals surface area contributed by atoms with E-state index in [1.54, 1.807) is 82.7 Å². The van der Waals surface area contributed by atoms with Crippen LogP contribution in [0.3, 0.4) is 0 Å². The summed E-state index contributed by atoms with van der Waals surface area (Å²) >= 11 is 0. The number of rotatable bonds is 7. The Balaban J connectivity index is 1.96. The molecule has 2 aromatic heterocycles. The third kappa shape index (κ3) is 7.56. The molecule has 3 aromatic rings. The summed E-state index contributed by atoms with van der Waals surface area (Å²) in [6.07, 6.45) is 2.05. The first-order valence-electron chi connectivity index (χ1n) is 12.0. The maximum atomic E-state index is 13.2. The van der Waals surface area contributed by atoms with Crippen LogP contribution in [0.15, 0.2) is 42.7 Å². The number of benzene rings is 1. The van der Waals surface area contributed by atoms with Crippen molar-refractivity contribution in [3.05, 3.63) is 42.7 Å². The Hall–Kier alpha value is -3.86. The first kappa shape index (κ1) is 27.7. The Bertz CT molecular complexity index is 1240. The first-order chi connectivity index (χ1) is 17.3. The molecule has 0 unspecified atom stereocenters. The van der Waals surface area contributed by atoms with E-state index in [-0.39, 0.29) is 37.8 Å². The van der Waals surface area contributed by atoms with Crippen LogP contribution in [0.1, 0.15) is 41.5 Å². The number of aromatic hydroxyl groups is 1. The summed E-state index contributed by atoms with van der Waals surface area (Å²) in [4.78, 5) is 33.2. The number of carbonyl (C=O) groups is 2. The molecule has 2 N–H and O–H groups in total. The van der Waals surface area contributed by atoms with Crippen molar-refractivity contribution in [2.75, 3.05) is 31.1 Å². The van der Waals surface area contributed by atoms with Gasteiger partial charge in [0, 0.05) is 31.4 Å². The van der Waals surface area contributed by atoms with Crippen LogP contribution in [0.4, 0.5) is 15.4 Å². The molecule has 200 valence electrons. The molecule has 0 saturated heterocycles. The van der Waals surface area contributed by atoms with Crippen LogP contribution in [0, 0.1) is 0 Å². The number of amides is 2. The van der Waals surface area contributed by atoms with Gasteiger partial charge in [-0.15, -0.1) is 0 Å². The van der Waals surface area contributed by atoms with Gasteiger partial charge in [0.05, 0.1) is 12.8 Å². The second-order valence-electron chi connectivity index (χ2n) is 10.5. The van der Waals surface area contributed by atoms with Crippen LogP contribution in [-0.2, 0) is 9.47 Å². The minimum Gasteiger partial charge on any atom is -0.508 e. The lowest BCUT2D eigenvalue weighted by molar-refractivity contribution is 0.0218. The van der Waals surface area contributed by atoms with E-state index in [4.69, 9.17) is 9.47 Å². The zero-order valence-electron chi connectivity index (χ0n) is 22.1. The van der Waals surface area contributed by atoms with Gasteiger partial charge in [-0.1, -0.05) is 12.1 Å². The van der Waals surface area contributed by atoms with Gasteiger partial charge >= 0.3 is 12.2 Å². The number of anilines is 1. The number of phenols is 1. The monoisotopic (exact) mass is 513 g/mol. The van der Waals surface area contributed by atoms with Gasteiger partial charge in [0.2, 0.25) is 0 Å². The number of aromatic nitrogens is 3. The number of phenolic OH excluding ortho intramolecular Hbond substituents is 1. The number of carbonyl (C=O) groups excluding carboxylic acids is 2. The highest BCUT2D eigenvalue weighted by atomic mass is 16.6. The van der Waals surface area contributed by atoms with Gasteiger partial charge in [-0.25, -0.2) is 19.1 Å². The molecule has 0 saturated carbocycles. The van der Waals surface area contributed by atoms with Gasteiger partial charge in [0.15, 0.2) is 5.65 Å². The smallest absolute Gasteiger partial charge is 0.416 e. The molecule has 0 atom stereocenters. The number of ether oxygens (including phenoxy) is 2. The molecule has 0 fully saturated rings. The molecule has 0 radical (unpaired) electrons. The Morgan fingerprint density at radius 1 is 0.973 bits per heavy atom. The fourth-order valence-electron chi connectivity index (χ4n) is 3.47. The fourth-order valence-corrected chi connectivity index (χ4v) is 3.47. The zero-order valence-corrected chi connectivity index (χ0v) is 22.1. The van der Waals surface area contributed by atoms with Crippen molar-refractivity contribution in [1.29, 1.82) is 0 Å². The van der Waals surface area contributed by atoms with Crippen LogP contribution in [0.25, 0.3) is 16.8 Å². The largest absolute Gasteiger partial charge is 0.508 e. The van der Waals surface area contributed by atoms with Crippen molar-refractivity contribution in [3.63, 3.8) is 0 Å². The minimum absolute atomic E-state index is 0.0346. The third-order valence-electron chi connectivity index (χ3n) is 5.02. The normalized spacial score (nSPS) is 11.9. The van der Waals surface area contributed by atoms with Gasteiger partial charge in [-0.05, 0) is 65.3 Å². The highest BCUT2D eigenvalue weighted by Crippen LogP contribution is 2.28. The van der Waals surface area contributed by atoms with Crippen molar-refractivity contribution in [1.82, 2.24) is 19.5 Å². The maximum Gasteiger partial charge on any atom is 0.416 e. The number of aliphatic hydroxyl groups excluding tert-OH is 1. The summed E-state index contributed by atoms with van der Waals surface area (Å²) in [7, 11) is 0. The third-order valence-corrected chi connectivity index (χ3v) is 5.02. The van der Waals surface area contributed by atoms with E-state index in [1.807, 2.05) is 6.07 Å². The molecular weight excluding hydrogens is 478 g/mol. The van der Waals surface area contributed by atoms with Crippen LogP contribution >= 0.6 is 0 Å². The Kier molecular flexibility index (Phi) is 8.27. The average molecular weight is 514 g/mol. The molecule has 37 heavy (non-hydrogen) atoms. The quantitative estimate of drug-likeness (QED) is 0.484. The van der Waals surface area contributed by atoms with E-state index in [1.165, 1.54) is 9.80 Å². The molecule has 0 aliphatic carbocycles. The van der Waals surface area contributed by atoms with Crippen molar-refractivity contribution in [3.8, 4) is 16.9 Å². The van der Waals surface area contributed by atoms with Crippen LogP contribution in [0.5, 0.6) is 5.75 Å². The molecule has 0 aliphatic heterocycles. The van der Waals surface area contributed by atoms with Gasteiger partial charge < -0.3 is 24.6 Å². The van der Waals surface area contributed by atoms with Gasteiger partial charge in [0.1, 0.15) is 22.8 Å². The maximum absolute atomic E-state index is 13.2. The standard InChI is InChI=1S/C26H35N5O6/c1-25(2,3)36-23(34)29(14-15-32)12-13-30(24(35)37-26(4,5)6)21-10-11-31-22(28-21)20(17-27-31)18-8-7-9-19(33)16-18/h7-11,16-17,32-33H,12-15H2,1-6H3. The topological polar surface area (TPSA) is 130 Å². The van der Waals surface area contributed by atoms with E-state index >= 15 is 0 Å². The number of aliphatic hydroxyl groups is 1. The zero-order chi connectivity index (χ0) is 27.4. The number of fused-ring (bicyclic) bond motifs is 1. The van der Waals surface area contributed by atoms with Crippen LogP contribution < -0.4 is 4.90 Å². The SMILES string of the molecule is CC(C)(C)OC(=O)N(CCO)CCN(C(=O)OC(C)(C)C)c1ccn2ncc(-c3cccc(O)c3)c2n1.